The molecule has 1 N–H and O–H groups in total. The molecule has 0 spiro atoms. The minimum Gasteiger partial charge on any atom is -0.378 e. The van der Waals surface area contributed by atoms with Gasteiger partial charge in [0.05, 0.1) is 6.10 Å². The average molecular weight is 226 g/mol. The maximum atomic E-state index is 5.67. The van der Waals surface area contributed by atoms with Gasteiger partial charge in [-0.05, 0) is 44.7 Å². The summed E-state index contributed by atoms with van der Waals surface area (Å²) in [7, 11) is 2.06. The number of ether oxygens (including phenoxy) is 1. The lowest BCUT2D eigenvalue weighted by molar-refractivity contribution is 0.0935. The Kier molecular flexibility index (Phi) is 4.22. The van der Waals surface area contributed by atoms with Crippen molar-refractivity contribution in [1.82, 2.24) is 10.2 Å². The molecule has 2 aliphatic heterocycles. The largest absolute Gasteiger partial charge is 0.378 e. The molecule has 0 bridgehead atoms. The number of nitrogens with zero attached hydrogens (tertiary/aromatic N) is 1. The van der Waals surface area contributed by atoms with Crippen LogP contribution in [0.4, 0.5) is 0 Å². The third-order valence-corrected chi connectivity index (χ3v) is 4.03. The highest BCUT2D eigenvalue weighted by Gasteiger charge is 2.33. The van der Waals surface area contributed by atoms with Gasteiger partial charge < -0.3 is 15.0 Å². The van der Waals surface area contributed by atoms with Crippen molar-refractivity contribution in [3.63, 3.8) is 0 Å². The highest BCUT2D eigenvalue weighted by Crippen LogP contribution is 2.29. The summed E-state index contributed by atoms with van der Waals surface area (Å²) in [4.78, 5) is 2.61. The van der Waals surface area contributed by atoms with Gasteiger partial charge in [0.1, 0.15) is 0 Å². The van der Waals surface area contributed by atoms with Crippen molar-refractivity contribution in [2.75, 3.05) is 39.8 Å². The molecule has 16 heavy (non-hydrogen) atoms. The monoisotopic (exact) mass is 226 g/mol. The Morgan fingerprint density at radius 2 is 2.38 bits per heavy atom. The third-order valence-electron chi connectivity index (χ3n) is 4.03. The molecule has 2 fully saturated rings. The second-order valence-corrected chi connectivity index (χ2v) is 5.79. The number of nitrogens with one attached hydrogen (secondary N) is 1. The summed E-state index contributed by atoms with van der Waals surface area (Å²) >= 11 is 0. The first kappa shape index (κ1) is 12.3. The highest BCUT2D eigenvalue weighted by molar-refractivity contribution is 4.88. The minimum atomic E-state index is 0.491. The predicted octanol–water partition coefficient (Wildman–Crippen LogP) is 1.49. The summed E-state index contributed by atoms with van der Waals surface area (Å²) in [5, 5.41) is 3.32. The zero-order valence-corrected chi connectivity index (χ0v) is 10.8. The molecule has 94 valence electrons. The lowest BCUT2D eigenvalue weighted by atomic mass is 9.90. The minimum absolute atomic E-state index is 0.491. The maximum absolute atomic E-state index is 5.67. The molecule has 2 saturated heterocycles. The van der Waals surface area contributed by atoms with E-state index < -0.39 is 0 Å². The van der Waals surface area contributed by atoms with Crippen molar-refractivity contribution in [1.29, 1.82) is 0 Å². The van der Waals surface area contributed by atoms with Crippen molar-refractivity contribution in [2.24, 2.45) is 5.41 Å². The van der Waals surface area contributed by atoms with Crippen LogP contribution in [0.15, 0.2) is 0 Å². The zero-order chi connectivity index (χ0) is 11.4. The molecule has 2 unspecified atom stereocenters. The Hall–Kier alpha value is -0.120. The Morgan fingerprint density at radius 3 is 3.06 bits per heavy atom. The molecule has 0 aromatic rings. The van der Waals surface area contributed by atoms with Gasteiger partial charge in [-0.3, -0.25) is 0 Å². The topological polar surface area (TPSA) is 24.5 Å². The van der Waals surface area contributed by atoms with E-state index in [9.17, 15) is 0 Å². The molecule has 2 atom stereocenters. The van der Waals surface area contributed by atoms with Crippen molar-refractivity contribution < 1.29 is 4.74 Å². The summed E-state index contributed by atoms with van der Waals surface area (Å²) < 4.78 is 5.67. The fourth-order valence-corrected chi connectivity index (χ4v) is 3.09. The van der Waals surface area contributed by atoms with E-state index >= 15 is 0 Å². The Bertz CT molecular complexity index is 216. The summed E-state index contributed by atoms with van der Waals surface area (Å²) in [5.74, 6) is 0. The van der Waals surface area contributed by atoms with E-state index in [2.05, 4.69) is 24.2 Å². The van der Waals surface area contributed by atoms with Gasteiger partial charge >= 0.3 is 0 Å². The lowest BCUT2D eigenvalue weighted by Crippen LogP contribution is -2.34. The molecule has 2 aliphatic rings. The van der Waals surface area contributed by atoms with Crippen molar-refractivity contribution in [3.05, 3.63) is 0 Å². The number of likely N-dealkylation sites (tertiary alicyclic amines) is 1. The van der Waals surface area contributed by atoms with Crippen LogP contribution in [0.25, 0.3) is 0 Å². The van der Waals surface area contributed by atoms with Crippen molar-refractivity contribution in [2.45, 2.75) is 38.7 Å². The first-order valence-electron chi connectivity index (χ1n) is 6.70. The average Bonchev–Trinajstić information content (AvgIpc) is 2.85. The van der Waals surface area contributed by atoms with Gasteiger partial charge in [0.15, 0.2) is 0 Å². The van der Waals surface area contributed by atoms with Gasteiger partial charge in [0, 0.05) is 26.2 Å². The van der Waals surface area contributed by atoms with E-state index in [1.165, 1.54) is 45.3 Å². The standard InChI is InChI=1S/C13H26N2O/c1-13(10-14-2)6-8-15(11-13)7-5-12-4-3-9-16-12/h12,14H,3-11H2,1-2H3. The number of rotatable bonds is 5. The van der Waals surface area contributed by atoms with Gasteiger partial charge in [0.2, 0.25) is 0 Å². The smallest absolute Gasteiger partial charge is 0.0588 e. The van der Waals surface area contributed by atoms with Crippen LogP contribution in [0.3, 0.4) is 0 Å². The van der Waals surface area contributed by atoms with Crippen molar-refractivity contribution >= 4 is 0 Å². The van der Waals surface area contributed by atoms with Crippen molar-refractivity contribution in [3.8, 4) is 0 Å². The van der Waals surface area contributed by atoms with Crippen LogP contribution in [-0.4, -0.2) is 50.8 Å². The van der Waals surface area contributed by atoms with Crippen LogP contribution >= 0.6 is 0 Å². The predicted molar refractivity (Wildman–Crippen MR) is 66.7 cm³/mol. The molecule has 0 saturated carbocycles. The Labute approximate surface area is 99.5 Å². The molecule has 0 aromatic heterocycles. The van der Waals surface area contributed by atoms with Crippen LogP contribution in [0.2, 0.25) is 0 Å². The summed E-state index contributed by atoms with van der Waals surface area (Å²) in [6.45, 7) is 8.27. The summed E-state index contributed by atoms with van der Waals surface area (Å²) in [5.41, 5.74) is 0.491. The van der Waals surface area contributed by atoms with Gasteiger partial charge in [-0.15, -0.1) is 0 Å². The Morgan fingerprint density at radius 1 is 1.50 bits per heavy atom. The third kappa shape index (κ3) is 3.19. The highest BCUT2D eigenvalue weighted by atomic mass is 16.5. The number of hydrogen-bond acceptors (Lipinski definition) is 3. The Balaban J connectivity index is 1.68. The van der Waals surface area contributed by atoms with E-state index in [-0.39, 0.29) is 0 Å². The number of hydrogen-bond donors (Lipinski definition) is 1. The molecule has 3 nitrogen and oxygen atoms in total. The molecule has 0 amide bonds. The van der Waals surface area contributed by atoms with Crippen LogP contribution in [0.5, 0.6) is 0 Å². The van der Waals surface area contributed by atoms with Crippen LogP contribution in [0.1, 0.15) is 32.6 Å². The van der Waals surface area contributed by atoms with E-state index in [0.717, 1.165) is 13.2 Å². The molecule has 2 heterocycles. The van der Waals surface area contributed by atoms with E-state index in [1.807, 2.05) is 0 Å². The molecule has 3 heteroatoms. The fourth-order valence-electron chi connectivity index (χ4n) is 3.09. The normalized spacial score (nSPS) is 36.0. The maximum Gasteiger partial charge on any atom is 0.0588 e. The van der Waals surface area contributed by atoms with Crippen LogP contribution in [0, 0.1) is 5.41 Å². The van der Waals surface area contributed by atoms with Crippen LogP contribution in [-0.2, 0) is 4.74 Å². The van der Waals surface area contributed by atoms with E-state index in [4.69, 9.17) is 4.74 Å². The first-order chi connectivity index (χ1) is 7.72. The van der Waals surface area contributed by atoms with Crippen LogP contribution < -0.4 is 5.32 Å². The SMILES string of the molecule is CNCC1(C)CCN(CCC2CCCO2)C1. The van der Waals surface area contributed by atoms with Gasteiger partial charge in [-0.25, -0.2) is 0 Å². The zero-order valence-electron chi connectivity index (χ0n) is 10.8. The second kappa shape index (κ2) is 5.48. The fraction of sp³-hybridized carbons (Fsp3) is 1.00. The summed E-state index contributed by atoms with van der Waals surface area (Å²) in [6, 6.07) is 0. The first-order valence-corrected chi connectivity index (χ1v) is 6.70. The molecular formula is C13H26N2O. The molecular weight excluding hydrogens is 200 g/mol. The van der Waals surface area contributed by atoms with Gasteiger partial charge in [-0.1, -0.05) is 6.92 Å². The lowest BCUT2D eigenvalue weighted by Gasteiger charge is -2.24. The van der Waals surface area contributed by atoms with Gasteiger partial charge in [-0.2, -0.15) is 0 Å². The van der Waals surface area contributed by atoms with E-state index in [1.54, 1.807) is 0 Å². The summed E-state index contributed by atoms with van der Waals surface area (Å²) in [6.07, 6.45) is 5.66. The molecule has 2 rings (SSSR count). The second-order valence-electron chi connectivity index (χ2n) is 5.79. The van der Waals surface area contributed by atoms with E-state index in [0.29, 0.717) is 11.5 Å². The molecule has 0 aromatic carbocycles. The quantitative estimate of drug-likeness (QED) is 0.768. The van der Waals surface area contributed by atoms with Gasteiger partial charge in [0.25, 0.3) is 0 Å². The molecule has 0 radical (unpaired) electrons. The molecule has 0 aliphatic carbocycles.